The molecule has 16 aromatic rings. The van der Waals surface area contributed by atoms with Gasteiger partial charge in [-0.25, -0.2) is 43.0 Å². The number of anilines is 5. The van der Waals surface area contributed by atoms with E-state index in [2.05, 4.69) is 85.8 Å². The normalized spacial score (nSPS) is 16.2. The van der Waals surface area contributed by atoms with Crippen LogP contribution < -0.4 is 52.1 Å². The van der Waals surface area contributed by atoms with Crippen LogP contribution in [0, 0.1) is 34.6 Å². The number of piperazine rings is 4. The van der Waals surface area contributed by atoms with Crippen LogP contribution in [0.2, 0.25) is 0 Å². The first-order chi connectivity index (χ1) is 61.2. The molecule has 34 heteroatoms. The van der Waals surface area contributed by atoms with Gasteiger partial charge in [-0.1, -0.05) is 13.8 Å². The zero-order valence-electron chi connectivity index (χ0n) is 72.8. The second kappa shape index (κ2) is 34.7. The van der Waals surface area contributed by atoms with Gasteiger partial charge in [0, 0.05) is 186 Å². The Morgan fingerprint density at radius 3 is 1.04 bits per heavy atom. The van der Waals surface area contributed by atoms with Crippen LogP contribution >= 0.6 is 0 Å². The number of aromatic nitrogens is 20. The number of pyridine rings is 4. The highest BCUT2D eigenvalue weighted by molar-refractivity contribution is 5.76. The molecular weight excluding hydrogens is 1590 g/mol. The van der Waals surface area contributed by atoms with E-state index in [0.717, 1.165) is 208 Å². The van der Waals surface area contributed by atoms with Gasteiger partial charge in [0.25, 0.3) is 22.2 Å². The van der Waals surface area contributed by atoms with Gasteiger partial charge in [-0.3, -0.25) is 61.5 Å². The zero-order chi connectivity index (χ0) is 86.7. The minimum atomic E-state index is -0.121. The zero-order valence-corrected chi connectivity index (χ0v) is 72.8. The molecule has 6 fully saturated rings. The van der Waals surface area contributed by atoms with Crippen LogP contribution in [-0.2, 0) is 0 Å². The summed E-state index contributed by atoms with van der Waals surface area (Å²) in [5.41, 5.74) is 21.8. The largest absolute Gasteiger partial charge is 0.395 e. The van der Waals surface area contributed by atoms with Crippen LogP contribution in [0.25, 0.3) is 90.2 Å². The smallest absolute Gasteiger partial charge is 0.258 e. The second-order valence-electron chi connectivity index (χ2n) is 34.0. The molecule has 0 spiro atoms. The van der Waals surface area contributed by atoms with Gasteiger partial charge in [0.15, 0.2) is 5.82 Å². The summed E-state index contributed by atoms with van der Waals surface area (Å²) in [4.78, 5) is 108. The molecule has 20 heterocycles. The summed E-state index contributed by atoms with van der Waals surface area (Å²) in [7, 11) is 3.90. The molecule has 0 aromatic carbocycles. The molecule has 6 aliphatic rings. The van der Waals surface area contributed by atoms with E-state index < -0.39 is 0 Å². The summed E-state index contributed by atoms with van der Waals surface area (Å²) < 4.78 is 13.8. The van der Waals surface area contributed by atoms with Crippen LogP contribution in [-0.4, -0.2) is 261 Å². The highest BCUT2D eigenvalue weighted by Crippen LogP contribution is 2.43. The molecule has 16 aromatic heterocycles. The number of β-amino-alcohol motifs (C(OH)–C–C–N with tert-alkyl or cyclic N) is 1. The number of hydrogen-bond acceptors (Lipinski definition) is 26. The molecule has 0 bridgehead atoms. The van der Waals surface area contributed by atoms with E-state index in [0.29, 0.717) is 86.5 Å². The molecule has 126 heavy (non-hydrogen) atoms. The number of likely N-dealkylation sites (N-methyl/N-ethyl adjacent to an activating group) is 1. The summed E-state index contributed by atoms with van der Waals surface area (Å²) >= 11 is 0. The van der Waals surface area contributed by atoms with Gasteiger partial charge in [-0.15, -0.1) is 0 Å². The average molecular weight is 1700 g/mol. The monoisotopic (exact) mass is 1700 g/mol. The molecule has 2 aliphatic carbocycles. The van der Waals surface area contributed by atoms with Crippen LogP contribution in [0.1, 0.15) is 97.6 Å². The fraction of sp³-hybridized carbons (Fsp3) is 0.391. The fourth-order valence-electron chi connectivity index (χ4n) is 17.6. The molecule has 34 nitrogen and oxygen atoms in total. The third-order valence-corrected chi connectivity index (χ3v) is 24.6. The lowest BCUT2D eigenvalue weighted by atomic mass is 10.2. The van der Waals surface area contributed by atoms with E-state index in [-0.39, 0.29) is 28.8 Å². The van der Waals surface area contributed by atoms with Gasteiger partial charge < -0.3 is 39.8 Å². The van der Waals surface area contributed by atoms with Crippen LogP contribution in [0.15, 0.2) is 166 Å². The minimum Gasteiger partial charge on any atom is -0.395 e. The average Bonchev–Trinajstić information content (AvgIpc) is 1.53. The first-order valence-electron chi connectivity index (χ1n) is 43.9. The highest BCUT2D eigenvalue weighted by atomic mass is 16.3. The number of hydrogen-bond donors (Lipinski definition) is 2. The minimum absolute atomic E-state index is 0.0900. The highest BCUT2D eigenvalue weighted by Gasteiger charge is 2.31. The maximum absolute atomic E-state index is 13.0. The first kappa shape index (κ1) is 82.3. The number of fused-ring (bicyclic) bond motifs is 8. The Kier molecular flexibility index (Phi) is 22.7. The third kappa shape index (κ3) is 17.2. The van der Waals surface area contributed by atoms with E-state index in [1.54, 1.807) is 50.9 Å². The Hall–Kier alpha value is -13.3. The standard InChI is InChI=1S/C24H27N7O2.C24H27N7O.C23H27N7O.C21H24N8O/c1-16-14-31-21(24(25-16)17-2-3-17)12-20(27-31)19-13-23(33)30-15-18(4-5-22(30)26-19)29-8-6-28(7-9-29)10-11-32;1-3-28-8-10-29(11-9-28)18-6-7-22-26-19(13-23(32)30(22)15-18)20-12-21-24(17-4-5-17)25-16(2)14-31(21)27-20;1-4-7-27-8-10-28(11-9-27)18-5-6-22-25-19(13-23(31)29(22)15-18)20-12-21-17(3)24-16(2)14-30(21)26-20;1-14-12-29-18(21(23-14)26(2)3)10-17(25-29)16-11-20(30)28-13-15(4-5-19(28)24-16)27-8-6-22-7-9-27/h4-5,12-15,17,32H,2-3,6-11H2,1H3;6-7,12-15,17H,3-5,8-11H2,1-2H3;5-6,12-15H,4,7-11H2,1-3H3;4-5,10-13,22H,6-9H2,1-3H3. The quantitative estimate of drug-likeness (QED) is 0.0920. The molecular formula is C92H105N29O5. The number of rotatable bonds is 16. The SMILES string of the molecule is CCCN1CCN(c2ccc3nc(-c4cc5c(C)nc(C)cn5n4)cc(=O)n3c2)CC1.CCN1CCN(c2ccc3nc(-c4cc5c(C6CC6)nc(C)cn5n4)cc(=O)n3c2)CC1.Cc1cn2nc(-c3cc(=O)n4cc(N5CCN(CCO)CC5)ccc4n3)cc2c(C2CC2)n1.Cc1cn2nc(-c3cc(=O)n4cc(N5CCNCC5)ccc4n3)cc2c(N(C)C)n1. The summed E-state index contributed by atoms with van der Waals surface area (Å²) in [6.45, 7) is 32.7. The van der Waals surface area contributed by atoms with Crippen molar-refractivity contribution in [3.8, 4) is 45.6 Å². The summed E-state index contributed by atoms with van der Waals surface area (Å²) in [6, 6.07) is 30.0. The molecule has 0 unspecified atom stereocenters. The van der Waals surface area contributed by atoms with Crippen molar-refractivity contribution in [3.05, 3.63) is 228 Å². The predicted octanol–water partition coefficient (Wildman–Crippen LogP) is 8.18. The Bertz CT molecular complexity index is 7060. The topological polar surface area (TPSA) is 316 Å². The van der Waals surface area contributed by atoms with Gasteiger partial charge in [-0.05, 0) is 153 Å². The van der Waals surface area contributed by atoms with Gasteiger partial charge >= 0.3 is 0 Å². The molecule has 648 valence electrons. The fourth-order valence-corrected chi connectivity index (χ4v) is 17.6. The van der Waals surface area contributed by atoms with Crippen molar-refractivity contribution >= 4 is 73.2 Å². The first-order valence-corrected chi connectivity index (χ1v) is 43.9. The van der Waals surface area contributed by atoms with Crippen LogP contribution in [0.3, 0.4) is 0 Å². The van der Waals surface area contributed by atoms with E-state index in [9.17, 15) is 19.2 Å². The summed E-state index contributed by atoms with van der Waals surface area (Å²) in [5, 5.41) is 31.2. The third-order valence-electron chi connectivity index (χ3n) is 24.6. The maximum atomic E-state index is 13.0. The van der Waals surface area contributed by atoms with E-state index >= 15 is 0 Å². The Balaban J connectivity index is 0.000000110. The number of aliphatic hydroxyl groups is 1. The van der Waals surface area contributed by atoms with E-state index in [1.165, 1.54) is 32.1 Å². The van der Waals surface area contributed by atoms with Crippen LogP contribution in [0.5, 0.6) is 0 Å². The van der Waals surface area contributed by atoms with Crippen molar-refractivity contribution < 1.29 is 5.11 Å². The van der Waals surface area contributed by atoms with Crippen molar-refractivity contribution in [2.45, 2.75) is 92.4 Å². The molecule has 2 N–H and O–H groups in total. The number of aryl methyl sites for hydroxylation is 5. The van der Waals surface area contributed by atoms with Crippen molar-refractivity contribution in [2.24, 2.45) is 0 Å². The molecule has 2 saturated carbocycles. The Morgan fingerprint density at radius 2 is 0.683 bits per heavy atom. The predicted molar refractivity (Wildman–Crippen MR) is 490 cm³/mol. The molecule has 0 radical (unpaired) electrons. The summed E-state index contributed by atoms with van der Waals surface area (Å²) in [6.07, 6.45) is 21.1. The van der Waals surface area contributed by atoms with Crippen molar-refractivity contribution in [1.82, 2.24) is 116 Å². The Morgan fingerprint density at radius 1 is 0.357 bits per heavy atom. The maximum Gasteiger partial charge on any atom is 0.258 e. The van der Waals surface area contributed by atoms with Gasteiger partial charge in [0.05, 0.1) is 133 Å². The molecule has 4 aliphatic heterocycles. The molecule has 0 atom stereocenters. The van der Waals surface area contributed by atoms with Crippen molar-refractivity contribution in [3.63, 3.8) is 0 Å². The Labute approximate surface area is 726 Å². The lowest BCUT2D eigenvalue weighted by Crippen LogP contribution is -2.47. The van der Waals surface area contributed by atoms with E-state index in [4.69, 9.17) is 45.2 Å². The van der Waals surface area contributed by atoms with E-state index in [1.807, 2.05) is 173 Å². The lowest BCUT2D eigenvalue weighted by Gasteiger charge is -2.35. The molecule has 4 saturated heterocycles. The van der Waals surface area contributed by atoms with Crippen LogP contribution in [0.4, 0.5) is 28.6 Å². The second-order valence-corrected chi connectivity index (χ2v) is 34.0. The van der Waals surface area contributed by atoms with Crippen molar-refractivity contribution in [2.75, 3.05) is 170 Å². The number of aliphatic hydroxyl groups excluding tert-OH is 1. The molecule has 22 rings (SSSR count). The van der Waals surface area contributed by atoms with Crippen molar-refractivity contribution in [1.29, 1.82) is 0 Å². The number of nitrogens with one attached hydrogen (secondary N) is 1. The van der Waals surface area contributed by atoms with Gasteiger partial charge in [0.2, 0.25) is 0 Å². The lowest BCUT2D eigenvalue weighted by molar-refractivity contribution is 0.189. The summed E-state index contributed by atoms with van der Waals surface area (Å²) in [5.74, 6) is 1.86. The van der Waals surface area contributed by atoms with Gasteiger partial charge in [-0.2, -0.15) is 20.4 Å². The molecule has 0 amide bonds. The number of nitrogens with zero attached hydrogens (tertiary/aromatic N) is 28. The van der Waals surface area contributed by atoms with Gasteiger partial charge in [0.1, 0.15) is 50.9 Å².